The smallest absolute Gasteiger partial charge is 0.249 e. The zero-order valence-corrected chi connectivity index (χ0v) is 24.4. The minimum absolute atomic E-state index is 0.0247. The first-order chi connectivity index (χ1) is 18.9. The fourth-order valence-electron chi connectivity index (χ4n) is 6.14. The molecule has 4 rings (SSSR count). The molecule has 2 aromatic carbocycles. The van der Waals surface area contributed by atoms with Gasteiger partial charge in [0, 0.05) is 32.3 Å². The molecule has 0 saturated carbocycles. The van der Waals surface area contributed by atoms with E-state index in [9.17, 15) is 18.8 Å². The van der Waals surface area contributed by atoms with E-state index in [0.29, 0.717) is 31.7 Å². The first kappa shape index (κ1) is 29.7. The Balaban J connectivity index is 1.86. The average molecular weight is 554 g/mol. The number of carbonyl (C=O) groups excluding carboxylic acids is 3. The molecular formula is C32H41F2N3O3. The highest BCUT2D eigenvalue weighted by atomic mass is 19.1. The van der Waals surface area contributed by atoms with Gasteiger partial charge in [-0.15, -0.1) is 0 Å². The molecule has 1 fully saturated rings. The second-order valence-electron chi connectivity index (χ2n) is 12.3. The highest BCUT2D eigenvalue weighted by Crippen LogP contribution is 2.39. The van der Waals surface area contributed by atoms with Crippen LogP contribution in [0.5, 0.6) is 0 Å². The molecule has 2 aromatic rings. The molecule has 1 aliphatic carbocycles. The standard InChI is InChI=1S/C32H41F2N3O3/c1-19(2)13-14-36-28(23-16-21-9-7-8-10-22(21)17-23)32(40)37(27(30(36)38)15-20(3)4)29(31(39)35(5)6)25-12-11-24(33)18-26(25)34/h7-12,18-20,23,27-29H,13-17H2,1-6H3/t27-,28?,29-/m1/s1. The molecule has 0 N–H and O–H groups in total. The fourth-order valence-corrected chi connectivity index (χ4v) is 6.14. The van der Waals surface area contributed by atoms with Crippen molar-refractivity contribution in [2.75, 3.05) is 20.6 Å². The first-order valence-corrected chi connectivity index (χ1v) is 14.3. The van der Waals surface area contributed by atoms with E-state index in [4.69, 9.17) is 0 Å². The van der Waals surface area contributed by atoms with Gasteiger partial charge in [0.25, 0.3) is 0 Å². The Labute approximate surface area is 236 Å². The van der Waals surface area contributed by atoms with Gasteiger partial charge in [0.2, 0.25) is 17.7 Å². The summed E-state index contributed by atoms with van der Waals surface area (Å²) in [7, 11) is 3.06. The number of hydrogen-bond acceptors (Lipinski definition) is 3. The summed E-state index contributed by atoms with van der Waals surface area (Å²) in [5.41, 5.74) is 2.19. The quantitative estimate of drug-likeness (QED) is 0.439. The number of piperazine rings is 1. The lowest BCUT2D eigenvalue weighted by molar-refractivity contribution is -0.171. The van der Waals surface area contributed by atoms with E-state index in [1.165, 1.54) is 30.0 Å². The minimum Gasteiger partial charge on any atom is -0.347 e. The summed E-state index contributed by atoms with van der Waals surface area (Å²) in [6, 6.07) is 7.94. The van der Waals surface area contributed by atoms with Crippen molar-refractivity contribution in [3.05, 3.63) is 70.8 Å². The Morgan fingerprint density at radius 3 is 2.10 bits per heavy atom. The Hall–Kier alpha value is -3.29. The maximum Gasteiger partial charge on any atom is 0.249 e. The van der Waals surface area contributed by atoms with Crippen molar-refractivity contribution < 1.29 is 23.2 Å². The summed E-state index contributed by atoms with van der Waals surface area (Å²) in [6.07, 6.45) is 2.33. The van der Waals surface area contributed by atoms with Gasteiger partial charge in [-0.25, -0.2) is 8.78 Å². The van der Waals surface area contributed by atoms with Crippen LogP contribution in [-0.2, 0) is 27.2 Å². The lowest BCUT2D eigenvalue weighted by Crippen LogP contribution is -2.68. The second-order valence-corrected chi connectivity index (χ2v) is 12.3. The molecule has 6 nitrogen and oxygen atoms in total. The summed E-state index contributed by atoms with van der Waals surface area (Å²) in [6.45, 7) is 8.50. The SMILES string of the molecule is CC(C)CCN1C(=O)[C@@H](CC(C)C)N([C@@H](C(=O)N(C)C)c2ccc(F)cc2F)C(=O)C1C1Cc2ccccc2C1. The molecule has 0 radical (unpaired) electrons. The van der Waals surface area contributed by atoms with Gasteiger partial charge >= 0.3 is 0 Å². The Kier molecular flexibility index (Phi) is 8.96. The van der Waals surface area contributed by atoms with E-state index in [1.807, 2.05) is 26.0 Å². The van der Waals surface area contributed by atoms with Crippen LogP contribution in [-0.4, -0.2) is 65.1 Å². The molecule has 3 amide bonds. The summed E-state index contributed by atoms with van der Waals surface area (Å²) in [5.74, 6) is -2.63. The highest BCUT2D eigenvalue weighted by molar-refractivity contribution is 6.00. The molecule has 216 valence electrons. The number of fused-ring (bicyclic) bond motifs is 1. The Morgan fingerprint density at radius 2 is 1.57 bits per heavy atom. The molecule has 2 aliphatic rings. The topological polar surface area (TPSA) is 60.9 Å². The van der Waals surface area contributed by atoms with E-state index in [2.05, 4.69) is 26.0 Å². The van der Waals surface area contributed by atoms with Crippen molar-refractivity contribution >= 4 is 17.7 Å². The van der Waals surface area contributed by atoms with Crippen molar-refractivity contribution in [3.8, 4) is 0 Å². The summed E-state index contributed by atoms with van der Waals surface area (Å²) < 4.78 is 29.2. The highest BCUT2D eigenvalue weighted by Gasteiger charge is 2.53. The predicted octanol–water partition coefficient (Wildman–Crippen LogP) is 5.01. The monoisotopic (exact) mass is 553 g/mol. The van der Waals surface area contributed by atoms with Crippen molar-refractivity contribution in [1.29, 1.82) is 0 Å². The molecule has 8 heteroatoms. The molecule has 0 aromatic heterocycles. The number of hydrogen-bond donors (Lipinski definition) is 0. The third-order valence-electron chi connectivity index (χ3n) is 8.13. The van der Waals surface area contributed by atoms with E-state index >= 15 is 4.39 Å². The van der Waals surface area contributed by atoms with E-state index in [-0.39, 0.29) is 29.2 Å². The van der Waals surface area contributed by atoms with Gasteiger partial charge in [0.1, 0.15) is 29.8 Å². The van der Waals surface area contributed by atoms with Crippen LogP contribution < -0.4 is 0 Å². The Morgan fingerprint density at radius 1 is 0.950 bits per heavy atom. The van der Waals surface area contributed by atoms with Crippen LogP contribution in [0, 0.1) is 29.4 Å². The maximum atomic E-state index is 15.3. The summed E-state index contributed by atoms with van der Waals surface area (Å²) >= 11 is 0. The number of carbonyl (C=O) groups is 3. The third kappa shape index (κ3) is 5.91. The van der Waals surface area contributed by atoms with Crippen molar-refractivity contribution in [1.82, 2.24) is 14.7 Å². The first-order valence-electron chi connectivity index (χ1n) is 14.3. The molecular weight excluding hydrogens is 512 g/mol. The molecule has 0 spiro atoms. The molecule has 1 heterocycles. The van der Waals surface area contributed by atoms with E-state index in [1.54, 1.807) is 4.90 Å². The zero-order chi connectivity index (χ0) is 29.3. The molecule has 1 aliphatic heterocycles. The number of amides is 3. The third-order valence-corrected chi connectivity index (χ3v) is 8.13. The average Bonchev–Trinajstić information content (AvgIpc) is 3.31. The van der Waals surface area contributed by atoms with E-state index < -0.39 is 35.7 Å². The minimum atomic E-state index is -1.39. The number of nitrogens with zero attached hydrogens (tertiary/aromatic N) is 3. The van der Waals surface area contributed by atoms with Crippen LogP contribution in [0.25, 0.3) is 0 Å². The fraction of sp³-hybridized carbons (Fsp3) is 0.531. The normalized spacial score (nSPS) is 20.4. The summed E-state index contributed by atoms with van der Waals surface area (Å²) in [4.78, 5) is 47.2. The molecule has 1 saturated heterocycles. The van der Waals surface area contributed by atoms with Crippen LogP contribution in [0.3, 0.4) is 0 Å². The molecule has 1 unspecified atom stereocenters. The van der Waals surface area contributed by atoms with Gasteiger partial charge in [0.05, 0.1) is 0 Å². The van der Waals surface area contributed by atoms with Gasteiger partial charge in [-0.05, 0) is 60.6 Å². The molecule has 40 heavy (non-hydrogen) atoms. The van der Waals surface area contributed by atoms with Gasteiger partial charge in [-0.3, -0.25) is 14.4 Å². The zero-order valence-electron chi connectivity index (χ0n) is 24.4. The number of likely N-dealkylation sites (N-methyl/N-ethyl adjacent to an activating group) is 1. The van der Waals surface area contributed by atoms with Crippen molar-refractivity contribution in [3.63, 3.8) is 0 Å². The van der Waals surface area contributed by atoms with Crippen LogP contribution in [0.1, 0.15) is 63.3 Å². The van der Waals surface area contributed by atoms with Crippen LogP contribution in [0.4, 0.5) is 8.78 Å². The largest absolute Gasteiger partial charge is 0.347 e. The summed E-state index contributed by atoms with van der Waals surface area (Å²) in [5, 5.41) is 0. The number of benzene rings is 2. The van der Waals surface area contributed by atoms with Gasteiger partial charge in [0.15, 0.2) is 0 Å². The maximum absolute atomic E-state index is 15.3. The number of rotatable bonds is 9. The van der Waals surface area contributed by atoms with Gasteiger partial charge in [-0.1, -0.05) is 58.0 Å². The van der Waals surface area contributed by atoms with Crippen LogP contribution in [0.15, 0.2) is 42.5 Å². The van der Waals surface area contributed by atoms with Gasteiger partial charge < -0.3 is 14.7 Å². The Bertz CT molecular complexity index is 1240. The van der Waals surface area contributed by atoms with Crippen molar-refractivity contribution in [2.24, 2.45) is 17.8 Å². The molecule has 0 bridgehead atoms. The van der Waals surface area contributed by atoms with Crippen LogP contribution in [0.2, 0.25) is 0 Å². The lowest BCUT2D eigenvalue weighted by Gasteiger charge is -2.50. The number of halogens is 2. The van der Waals surface area contributed by atoms with Crippen LogP contribution >= 0.6 is 0 Å². The predicted molar refractivity (Wildman–Crippen MR) is 150 cm³/mol. The lowest BCUT2D eigenvalue weighted by atomic mass is 9.85. The van der Waals surface area contributed by atoms with Crippen molar-refractivity contribution in [2.45, 2.75) is 71.5 Å². The molecule has 3 atom stereocenters. The van der Waals surface area contributed by atoms with E-state index in [0.717, 1.165) is 29.7 Å². The second kappa shape index (κ2) is 12.1. The van der Waals surface area contributed by atoms with Gasteiger partial charge in [-0.2, -0.15) is 0 Å².